The minimum atomic E-state index is -0.264. The standard InChI is InChI=1S/C44H64N2O3/c1-28(2)33-15-20-44(45-23-24-46-26-32-25-31(46)27-49-32)22-21-42(6)35(38(33)44)13-14-37-41(5)18-16-34(29-9-11-30(12-10-29)39(47)48-8)40(3,4)36(41)17-19-43(37,42)7/h9-12,16,31-33,35-38,45H,1,13-15,17-27H2,2-8H3/p+1. The Labute approximate surface area is 297 Å². The molecule has 0 aromatic heterocycles. The molecule has 49 heavy (non-hydrogen) atoms. The molecule has 0 amide bonds. The normalized spacial score (nSPS) is 46.2. The number of methoxy groups -OCH3 is 1. The zero-order valence-corrected chi connectivity index (χ0v) is 31.8. The summed E-state index contributed by atoms with van der Waals surface area (Å²) in [7, 11) is 1.46. The van der Waals surface area contributed by atoms with E-state index in [0.29, 0.717) is 40.3 Å². The van der Waals surface area contributed by atoms with E-state index in [1.165, 1.54) is 94.7 Å². The molecule has 5 heteroatoms. The van der Waals surface area contributed by atoms with Gasteiger partial charge < -0.3 is 19.7 Å². The van der Waals surface area contributed by atoms with E-state index in [2.05, 4.69) is 71.6 Å². The molecule has 268 valence electrons. The first-order valence-electron chi connectivity index (χ1n) is 20.0. The first kappa shape index (κ1) is 34.2. The minimum Gasteiger partial charge on any atom is -0.465 e. The zero-order valence-electron chi connectivity index (χ0n) is 31.8. The highest BCUT2D eigenvalue weighted by atomic mass is 16.5. The van der Waals surface area contributed by atoms with Gasteiger partial charge in [0.2, 0.25) is 0 Å². The maximum absolute atomic E-state index is 12.1. The molecular weight excluding hydrogens is 604 g/mol. The van der Waals surface area contributed by atoms with Gasteiger partial charge in [-0.05, 0) is 139 Å². The molecule has 2 heterocycles. The molecule has 2 saturated heterocycles. The van der Waals surface area contributed by atoms with Crippen LogP contribution in [0.25, 0.3) is 5.57 Å². The quantitative estimate of drug-likeness (QED) is 0.233. The molecule has 4 saturated carbocycles. The van der Waals surface area contributed by atoms with Gasteiger partial charge in [0.1, 0.15) is 18.7 Å². The van der Waals surface area contributed by atoms with Gasteiger partial charge in [0.15, 0.2) is 0 Å². The van der Waals surface area contributed by atoms with Crippen LogP contribution in [0.3, 0.4) is 0 Å². The molecule has 2 N–H and O–H groups in total. The van der Waals surface area contributed by atoms with E-state index in [1.54, 1.807) is 4.90 Å². The number of hydrogen-bond acceptors (Lipinski definition) is 4. The Morgan fingerprint density at radius 2 is 1.76 bits per heavy atom. The Morgan fingerprint density at radius 3 is 2.43 bits per heavy atom. The number of likely N-dealkylation sites (tertiary alicyclic amines) is 1. The van der Waals surface area contributed by atoms with Gasteiger partial charge in [-0.3, -0.25) is 0 Å². The van der Waals surface area contributed by atoms with Gasteiger partial charge in [-0.2, -0.15) is 0 Å². The second-order valence-electron chi connectivity index (χ2n) is 19.4. The molecule has 0 radical (unpaired) electrons. The lowest BCUT2D eigenvalue weighted by Crippen LogP contribution is -3.16. The van der Waals surface area contributed by atoms with Crippen LogP contribution in [-0.4, -0.2) is 57.0 Å². The lowest BCUT2D eigenvalue weighted by atomic mass is 9.33. The van der Waals surface area contributed by atoms with Crippen LogP contribution in [0, 0.1) is 51.2 Å². The van der Waals surface area contributed by atoms with Crippen molar-refractivity contribution < 1.29 is 19.2 Å². The number of hydrogen-bond donors (Lipinski definition) is 2. The molecule has 12 unspecified atom stereocenters. The number of benzene rings is 1. The number of fused-ring (bicyclic) bond motifs is 9. The predicted octanol–water partition coefficient (Wildman–Crippen LogP) is 7.52. The molecule has 2 aliphatic heterocycles. The summed E-state index contributed by atoms with van der Waals surface area (Å²) in [5.74, 6) is 3.24. The fourth-order valence-electron chi connectivity index (χ4n) is 14.8. The first-order valence-corrected chi connectivity index (χ1v) is 20.0. The average molecular weight is 670 g/mol. The van der Waals surface area contributed by atoms with E-state index in [-0.39, 0.29) is 22.3 Å². The average Bonchev–Trinajstić information content (AvgIpc) is 3.80. The highest BCUT2D eigenvalue weighted by Gasteiger charge is 2.70. The molecule has 1 aromatic carbocycles. The summed E-state index contributed by atoms with van der Waals surface area (Å²) in [4.78, 5) is 13.9. The lowest BCUT2D eigenvalue weighted by molar-refractivity contribution is -0.918. The molecule has 0 spiro atoms. The maximum Gasteiger partial charge on any atom is 0.337 e. The Hall–Kier alpha value is -1.95. The Kier molecular flexibility index (Phi) is 8.21. The number of ether oxygens (including phenoxy) is 2. The molecule has 12 atom stereocenters. The summed E-state index contributed by atoms with van der Waals surface area (Å²) in [5, 5.41) is 4.36. The molecule has 8 rings (SSSR count). The van der Waals surface area contributed by atoms with Gasteiger partial charge in [-0.15, -0.1) is 0 Å². The largest absolute Gasteiger partial charge is 0.465 e. The fourth-order valence-corrected chi connectivity index (χ4v) is 14.8. The summed E-state index contributed by atoms with van der Waals surface area (Å²) >= 11 is 0. The summed E-state index contributed by atoms with van der Waals surface area (Å²) < 4.78 is 10.9. The molecule has 2 bridgehead atoms. The van der Waals surface area contributed by atoms with Crippen molar-refractivity contribution in [1.82, 2.24) is 5.32 Å². The Morgan fingerprint density at radius 1 is 0.980 bits per heavy atom. The predicted molar refractivity (Wildman–Crippen MR) is 197 cm³/mol. The van der Waals surface area contributed by atoms with Crippen molar-refractivity contribution in [3.63, 3.8) is 0 Å². The second kappa shape index (κ2) is 11.8. The monoisotopic (exact) mass is 669 g/mol. The third kappa shape index (κ3) is 4.90. The molecule has 6 fully saturated rings. The van der Waals surface area contributed by atoms with Crippen molar-refractivity contribution in [2.45, 2.75) is 123 Å². The van der Waals surface area contributed by atoms with E-state index in [4.69, 9.17) is 9.47 Å². The Balaban J connectivity index is 1.06. The van der Waals surface area contributed by atoms with Gasteiger partial charge in [0.25, 0.3) is 0 Å². The van der Waals surface area contributed by atoms with E-state index < -0.39 is 0 Å². The van der Waals surface area contributed by atoms with Crippen LogP contribution in [0.4, 0.5) is 0 Å². The molecule has 1 aromatic rings. The van der Waals surface area contributed by atoms with Gasteiger partial charge >= 0.3 is 5.97 Å². The third-order valence-corrected chi connectivity index (χ3v) is 17.3. The van der Waals surface area contributed by atoms with Gasteiger partial charge in [0, 0.05) is 18.5 Å². The summed E-state index contributed by atoms with van der Waals surface area (Å²) in [6.07, 6.45) is 16.3. The van der Waals surface area contributed by atoms with Crippen molar-refractivity contribution in [2.75, 3.05) is 33.4 Å². The fraction of sp³-hybridized carbons (Fsp3) is 0.750. The maximum atomic E-state index is 12.1. The number of quaternary nitrogens is 1. The van der Waals surface area contributed by atoms with Crippen molar-refractivity contribution in [3.05, 3.63) is 53.6 Å². The topological polar surface area (TPSA) is 52.0 Å². The van der Waals surface area contributed by atoms with Crippen molar-refractivity contribution in [2.24, 2.45) is 51.2 Å². The molecule has 5 aliphatic carbocycles. The number of nitrogens with one attached hydrogen (secondary N) is 2. The van der Waals surface area contributed by atoms with Crippen LogP contribution < -0.4 is 10.2 Å². The van der Waals surface area contributed by atoms with Crippen LogP contribution in [0.1, 0.15) is 122 Å². The minimum absolute atomic E-state index is 0.0734. The van der Waals surface area contributed by atoms with Crippen LogP contribution in [0.2, 0.25) is 0 Å². The van der Waals surface area contributed by atoms with E-state index in [0.717, 1.165) is 37.5 Å². The number of esters is 1. The number of rotatable bonds is 7. The summed E-state index contributed by atoms with van der Waals surface area (Å²) in [6.45, 7) is 24.8. The number of carbonyl (C=O) groups is 1. The highest BCUT2D eigenvalue weighted by molar-refractivity contribution is 5.89. The Bertz CT molecular complexity index is 1510. The highest BCUT2D eigenvalue weighted by Crippen LogP contribution is 2.76. The van der Waals surface area contributed by atoms with Crippen LogP contribution in [0.15, 0.2) is 42.5 Å². The number of allylic oxidation sites excluding steroid dienone is 3. The van der Waals surface area contributed by atoms with Crippen molar-refractivity contribution >= 4 is 11.5 Å². The van der Waals surface area contributed by atoms with E-state index in [9.17, 15) is 4.79 Å². The van der Waals surface area contributed by atoms with E-state index >= 15 is 0 Å². The van der Waals surface area contributed by atoms with Crippen LogP contribution in [0.5, 0.6) is 0 Å². The lowest BCUT2D eigenvalue weighted by Gasteiger charge is -2.72. The van der Waals surface area contributed by atoms with Gasteiger partial charge in [-0.1, -0.05) is 65.0 Å². The second-order valence-corrected chi connectivity index (χ2v) is 19.4. The van der Waals surface area contributed by atoms with Crippen molar-refractivity contribution in [3.8, 4) is 0 Å². The van der Waals surface area contributed by atoms with Gasteiger partial charge in [-0.25, -0.2) is 4.79 Å². The van der Waals surface area contributed by atoms with Crippen molar-refractivity contribution in [1.29, 1.82) is 0 Å². The zero-order chi connectivity index (χ0) is 34.6. The van der Waals surface area contributed by atoms with Gasteiger partial charge in [0.05, 0.1) is 25.8 Å². The van der Waals surface area contributed by atoms with Crippen LogP contribution in [-0.2, 0) is 9.47 Å². The van der Waals surface area contributed by atoms with E-state index in [1.807, 2.05) is 12.1 Å². The summed E-state index contributed by atoms with van der Waals surface area (Å²) in [6, 6.07) is 8.91. The third-order valence-electron chi connectivity index (χ3n) is 17.3. The number of carbonyl (C=O) groups excluding carboxylic acids is 1. The SMILES string of the molecule is C=C(C)C1CCC2(NCC[NH+]3CC4CC3CO4)CCC3(C)C(CCC4C5(C)CC=C(c6ccc(C(=O)OC)cc6)C(C)(C)C5CCC43C)C12. The molecule has 7 aliphatic rings. The summed E-state index contributed by atoms with van der Waals surface area (Å²) in [5.41, 5.74) is 6.13. The van der Waals surface area contributed by atoms with Crippen LogP contribution >= 0.6 is 0 Å². The number of morpholine rings is 1. The first-order chi connectivity index (χ1) is 23.3. The molecular formula is C44H65N2O3+. The smallest absolute Gasteiger partial charge is 0.337 e. The molecule has 5 nitrogen and oxygen atoms in total.